The molecule has 0 amide bonds. The number of hydrogen-bond donors (Lipinski definition) is 0. The van der Waals surface area contributed by atoms with Gasteiger partial charge in [0.1, 0.15) is 17.1 Å². The topological polar surface area (TPSA) is 38.9 Å². The zero-order valence-electron chi connectivity index (χ0n) is 8.52. The van der Waals surface area contributed by atoms with E-state index >= 15 is 0 Å². The number of nitrogens with zero attached hydrogens (tertiary/aromatic N) is 2. The van der Waals surface area contributed by atoms with E-state index in [1.165, 1.54) is 12.1 Å². The second-order valence-corrected chi connectivity index (χ2v) is 3.84. The number of benzene rings is 1. The second kappa shape index (κ2) is 3.82. The Kier molecular flexibility index (Phi) is 2.30. The molecule has 0 fully saturated rings. The van der Waals surface area contributed by atoms with Crippen LogP contribution in [0.3, 0.4) is 0 Å². The quantitative estimate of drug-likeness (QED) is 0.617. The van der Waals surface area contributed by atoms with Crippen LogP contribution in [0.4, 0.5) is 4.39 Å². The molecule has 0 N–H and O–H groups in total. The summed E-state index contributed by atoms with van der Waals surface area (Å²) < 4.78 is 18.6. The molecule has 5 heteroatoms. The van der Waals surface area contributed by atoms with Gasteiger partial charge >= 0.3 is 0 Å². The van der Waals surface area contributed by atoms with Crippen LogP contribution in [0.15, 0.2) is 40.9 Å². The molecule has 0 aliphatic rings. The van der Waals surface area contributed by atoms with Crippen molar-refractivity contribution in [2.75, 3.05) is 0 Å². The predicted octanol–water partition coefficient (Wildman–Crippen LogP) is 3.68. The Morgan fingerprint density at radius 1 is 1.18 bits per heavy atom. The van der Waals surface area contributed by atoms with Gasteiger partial charge in [0.2, 0.25) is 5.28 Å². The van der Waals surface area contributed by atoms with Crippen molar-refractivity contribution < 1.29 is 8.81 Å². The summed E-state index contributed by atoms with van der Waals surface area (Å²) in [6.07, 6.45) is 1.54. The van der Waals surface area contributed by atoms with Crippen LogP contribution in [-0.2, 0) is 0 Å². The maximum absolute atomic E-state index is 13.0. The molecule has 0 saturated heterocycles. The molecule has 3 aromatic rings. The average Bonchev–Trinajstić information content (AvgIpc) is 2.72. The van der Waals surface area contributed by atoms with E-state index in [1.54, 1.807) is 24.4 Å². The van der Waals surface area contributed by atoms with Gasteiger partial charge in [-0.2, -0.15) is 0 Å². The number of furan rings is 1. The smallest absolute Gasteiger partial charge is 0.222 e. The Bertz CT molecular complexity index is 696. The highest BCUT2D eigenvalue weighted by Gasteiger charge is 2.08. The Morgan fingerprint density at radius 2 is 2.06 bits per heavy atom. The van der Waals surface area contributed by atoms with Crippen molar-refractivity contribution in [2.45, 2.75) is 0 Å². The van der Waals surface area contributed by atoms with E-state index < -0.39 is 0 Å². The summed E-state index contributed by atoms with van der Waals surface area (Å²) in [5, 5.41) is 0.837. The van der Waals surface area contributed by atoms with E-state index in [0.29, 0.717) is 22.4 Å². The Labute approximate surface area is 101 Å². The molecule has 1 aromatic carbocycles. The Morgan fingerprint density at radius 3 is 2.88 bits per heavy atom. The number of rotatable bonds is 1. The van der Waals surface area contributed by atoms with Crippen molar-refractivity contribution in [3.63, 3.8) is 0 Å². The van der Waals surface area contributed by atoms with Crippen LogP contribution in [-0.4, -0.2) is 9.97 Å². The minimum absolute atomic E-state index is 0.147. The first kappa shape index (κ1) is 10.2. The fourth-order valence-electron chi connectivity index (χ4n) is 1.61. The maximum atomic E-state index is 13.0. The monoisotopic (exact) mass is 248 g/mol. The molecule has 0 unspecified atom stereocenters. The van der Waals surface area contributed by atoms with Crippen molar-refractivity contribution in [3.05, 3.63) is 47.6 Å². The lowest BCUT2D eigenvalue weighted by molar-refractivity contribution is 0.617. The molecule has 0 bridgehead atoms. The van der Waals surface area contributed by atoms with Crippen LogP contribution >= 0.6 is 11.6 Å². The standard InChI is InChI=1S/C12H6ClFN2O/c13-12-15-4-3-9(16-12)11-6-7-5-8(14)1-2-10(7)17-11/h1-6H. The summed E-state index contributed by atoms with van der Waals surface area (Å²) in [6.45, 7) is 0. The molecule has 0 radical (unpaired) electrons. The minimum Gasteiger partial charge on any atom is -0.454 e. The summed E-state index contributed by atoms with van der Waals surface area (Å²) >= 11 is 5.69. The number of aromatic nitrogens is 2. The lowest BCUT2D eigenvalue weighted by Crippen LogP contribution is -1.83. The van der Waals surface area contributed by atoms with E-state index in [1.807, 2.05) is 0 Å². The largest absolute Gasteiger partial charge is 0.454 e. The van der Waals surface area contributed by atoms with Crippen molar-refractivity contribution in [3.8, 4) is 11.5 Å². The fourth-order valence-corrected chi connectivity index (χ4v) is 1.76. The minimum atomic E-state index is -0.300. The highest BCUT2D eigenvalue weighted by Crippen LogP contribution is 2.27. The van der Waals surface area contributed by atoms with Gasteiger partial charge in [-0.05, 0) is 41.9 Å². The molecule has 0 aliphatic carbocycles. The number of fused-ring (bicyclic) bond motifs is 1. The molecule has 2 aromatic heterocycles. The van der Waals surface area contributed by atoms with Gasteiger partial charge in [0, 0.05) is 11.6 Å². The van der Waals surface area contributed by atoms with Gasteiger partial charge < -0.3 is 4.42 Å². The molecule has 2 heterocycles. The molecule has 17 heavy (non-hydrogen) atoms. The SMILES string of the molecule is Fc1ccc2oc(-c3ccnc(Cl)n3)cc2c1. The first-order valence-electron chi connectivity index (χ1n) is 4.90. The highest BCUT2D eigenvalue weighted by atomic mass is 35.5. The fraction of sp³-hybridized carbons (Fsp3) is 0. The van der Waals surface area contributed by atoms with E-state index in [2.05, 4.69) is 9.97 Å². The summed E-state index contributed by atoms with van der Waals surface area (Å²) in [7, 11) is 0. The first-order chi connectivity index (χ1) is 8.22. The lowest BCUT2D eigenvalue weighted by atomic mass is 10.2. The zero-order valence-corrected chi connectivity index (χ0v) is 9.28. The highest BCUT2D eigenvalue weighted by molar-refractivity contribution is 6.28. The summed E-state index contributed by atoms with van der Waals surface area (Å²) in [5.41, 5.74) is 1.18. The second-order valence-electron chi connectivity index (χ2n) is 3.50. The molecule has 0 aliphatic heterocycles. The molecule has 0 spiro atoms. The van der Waals surface area contributed by atoms with E-state index in [4.69, 9.17) is 16.0 Å². The number of hydrogen-bond acceptors (Lipinski definition) is 3. The molecule has 3 nitrogen and oxygen atoms in total. The Balaban J connectivity index is 2.18. The summed E-state index contributed by atoms with van der Waals surface area (Å²) in [6, 6.07) is 7.74. The average molecular weight is 249 g/mol. The van der Waals surface area contributed by atoms with Crippen LogP contribution < -0.4 is 0 Å². The van der Waals surface area contributed by atoms with Crippen LogP contribution in [0.2, 0.25) is 5.28 Å². The third kappa shape index (κ3) is 1.87. The molecule has 84 valence electrons. The van der Waals surface area contributed by atoms with Gasteiger partial charge in [-0.15, -0.1) is 0 Å². The molecule has 0 saturated carbocycles. The maximum Gasteiger partial charge on any atom is 0.222 e. The summed E-state index contributed by atoms with van der Waals surface area (Å²) in [5.74, 6) is 0.237. The van der Waals surface area contributed by atoms with Crippen molar-refractivity contribution in [1.82, 2.24) is 9.97 Å². The first-order valence-corrected chi connectivity index (χ1v) is 5.28. The van der Waals surface area contributed by atoms with Gasteiger partial charge in [-0.3, -0.25) is 0 Å². The molecular formula is C12H6ClFN2O. The van der Waals surface area contributed by atoms with Crippen LogP contribution in [0.1, 0.15) is 0 Å². The molecule has 0 atom stereocenters. The van der Waals surface area contributed by atoms with Gasteiger partial charge in [-0.25, -0.2) is 14.4 Å². The van der Waals surface area contributed by atoms with Gasteiger partial charge in [0.15, 0.2) is 5.76 Å². The number of halogens is 2. The van der Waals surface area contributed by atoms with E-state index in [0.717, 1.165) is 0 Å². The van der Waals surface area contributed by atoms with Crippen molar-refractivity contribution >= 4 is 22.6 Å². The van der Waals surface area contributed by atoms with Crippen molar-refractivity contribution in [2.24, 2.45) is 0 Å². The molecular weight excluding hydrogens is 243 g/mol. The normalized spacial score (nSPS) is 10.9. The van der Waals surface area contributed by atoms with Crippen LogP contribution in [0.25, 0.3) is 22.4 Å². The van der Waals surface area contributed by atoms with E-state index in [-0.39, 0.29) is 11.1 Å². The van der Waals surface area contributed by atoms with Crippen LogP contribution in [0.5, 0.6) is 0 Å². The predicted molar refractivity (Wildman–Crippen MR) is 62.2 cm³/mol. The summed E-state index contributed by atoms with van der Waals surface area (Å²) in [4.78, 5) is 7.81. The van der Waals surface area contributed by atoms with Crippen molar-refractivity contribution in [1.29, 1.82) is 0 Å². The van der Waals surface area contributed by atoms with E-state index in [9.17, 15) is 4.39 Å². The third-order valence-corrected chi connectivity index (χ3v) is 2.54. The molecule has 3 rings (SSSR count). The lowest BCUT2D eigenvalue weighted by Gasteiger charge is -1.94. The third-order valence-electron chi connectivity index (χ3n) is 2.36. The Hall–Kier alpha value is -1.94. The zero-order chi connectivity index (χ0) is 11.8. The van der Waals surface area contributed by atoms with Gasteiger partial charge in [0.05, 0.1) is 0 Å². The van der Waals surface area contributed by atoms with Gasteiger partial charge in [0.25, 0.3) is 0 Å². The van der Waals surface area contributed by atoms with Crippen LogP contribution in [0, 0.1) is 5.82 Å². The van der Waals surface area contributed by atoms with Gasteiger partial charge in [-0.1, -0.05) is 0 Å².